The molecule has 0 spiro atoms. The van der Waals surface area contributed by atoms with Gasteiger partial charge < -0.3 is 9.73 Å². The Labute approximate surface area is 184 Å². The molecule has 1 heterocycles. The van der Waals surface area contributed by atoms with Crippen LogP contribution in [0.2, 0.25) is 0 Å². The van der Waals surface area contributed by atoms with E-state index in [9.17, 15) is 9.18 Å². The van der Waals surface area contributed by atoms with Gasteiger partial charge in [-0.2, -0.15) is 0 Å². The summed E-state index contributed by atoms with van der Waals surface area (Å²) in [5.41, 5.74) is 4.33. The number of halogens is 1. The molecule has 1 amide bonds. The summed E-state index contributed by atoms with van der Waals surface area (Å²) in [4.78, 5) is 17.8. The van der Waals surface area contributed by atoms with Gasteiger partial charge in [-0.3, -0.25) is 4.79 Å². The van der Waals surface area contributed by atoms with Crippen molar-refractivity contribution < 1.29 is 13.6 Å². The fraction of sp³-hybridized carbons (Fsp3) is 0.0370. The normalized spacial score (nSPS) is 11.1. The first-order valence-electron chi connectivity index (χ1n) is 10.2. The predicted octanol–water partition coefficient (Wildman–Crippen LogP) is 6.40. The van der Waals surface area contributed by atoms with Crippen molar-refractivity contribution in [1.29, 1.82) is 0 Å². The summed E-state index contributed by atoms with van der Waals surface area (Å²) in [5, 5.41) is 3.02. The van der Waals surface area contributed by atoms with E-state index in [1.807, 2.05) is 60.7 Å². The lowest BCUT2D eigenvalue weighted by Gasteiger charge is -2.18. The Morgan fingerprint density at radius 2 is 1.44 bits per heavy atom. The van der Waals surface area contributed by atoms with Crippen LogP contribution in [0, 0.1) is 5.82 Å². The minimum Gasteiger partial charge on any atom is -0.436 e. The SMILES string of the molecule is O=C(Nc1ccc2oc(-c3ccc(F)cc3)nc2c1)C(c1ccccc1)c1ccccc1. The van der Waals surface area contributed by atoms with Crippen molar-refractivity contribution in [2.45, 2.75) is 5.92 Å². The average molecular weight is 422 g/mol. The van der Waals surface area contributed by atoms with Crippen LogP contribution in [0.1, 0.15) is 17.0 Å². The Balaban J connectivity index is 1.44. The van der Waals surface area contributed by atoms with Gasteiger partial charge in [0.1, 0.15) is 11.3 Å². The average Bonchev–Trinajstić information content (AvgIpc) is 3.24. The van der Waals surface area contributed by atoms with E-state index in [1.54, 1.807) is 30.3 Å². The van der Waals surface area contributed by atoms with Gasteiger partial charge in [0.15, 0.2) is 5.58 Å². The number of nitrogens with one attached hydrogen (secondary N) is 1. The van der Waals surface area contributed by atoms with Crippen LogP contribution in [0.15, 0.2) is 108 Å². The molecule has 4 aromatic carbocycles. The first-order valence-corrected chi connectivity index (χ1v) is 10.2. The lowest BCUT2D eigenvalue weighted by atomic mass is 9.90. The van der Waals surface area contributed by atoms with Gasteiger partial charge in [0.05, 0.1) is 5.92 Å². The number of hydrogen-bond donors (Lipinski definition) is 1. The number of benzene rings is 4. The summed E-state index contributed by atoms with van der Waals surface area (Å²) in [6, 6.07) is 30.7. The number of anilines is 1. The fourth-order valence-corrected chi connectivity index (χ4v) is 3.72. The summed E-state index contributed by atoms with van der Waals surface area (Å²) in [7, 11) is 0. The second-order valence-electron chi connectivity index (χ2n) is 7.45. The van der Waals surface area contributed by atoms with E-state index in [0.717, 1.165) is 11.1 Å². The van der Waals surface area contributed by atoms with Crippen molar-refractivity contribution in [2.75, 3.05) is 5.32 Å². The Morgan fingerprint density at radius 3 is 2.06 bits per heavy atom. The Bertz CT molecular complexity index is 1320. The second-order valence-corrected chi connectivity index (χ2v) is 7.45. The van der Waals surface area contributed by atoms with Crippen LogP contribution in [-0.2, 0) is 4.79 Å². The minimum absolute atomic E-state index is 0.135. The highest BCUT2D eigenvalue weighted by Gasteiger charge is 2.23. The Kier molecular flexibility index (Phi) is 5.22. The molecule has 1 aromatic heterocycles. The lowest BCUT2D eigenvalue weighted by molar-refractivity contribution is -0.116. The zero-order valence-electron chi connectivity index (χ0n) is 17.0. The molecule has 0 aliphatic carbocycles. The molecular formula is C27H19FN2O2. The topological polar surface area (TPSA) is 55.1 Å². The van der Waals surface area contributed by atoms with Crippen LogP contribution in [0.3, 0.4) is 0 Å². The molecule has 0 saturated heterocycles. The Morgan fingerprint density at radius 1 is 0.812 bits per heavy atom. The molecule has 0 fully saturated rings. The van der Waals surface area contributed by atoms with E-state index >= 15 is 0 Å². The van der Waals surface area contributed by atoms with Gasteiger partial charge in [0.25, 0.3) is 0 Å². The molecule has 0 radical (unpaired) electrons. The van der Waals surface area contributed by atoms with Gasteiger partial charge in [0.2, 0.25) is 11.8 Å². The summed E-state index contributed by atoms with van der Waals surface area (Å²) < 4.78 is 19.0. The molecule has 5 aromatic rings. The molecule has 5 rings (SSSR count). The molecule has 0 saturated carbocycles. The van der Waals surface area contributed by atoms with Crippen molar-refractivity contribution in [3.05, 3.63) is 120 Å². The van der Waals surface area contributed by atoms with Crippen LogP contribution in [0.4, 0.5) is 10.1 Å². The van der Waals surface area contributed by atoms with E-state index in [4.69, 9.17) is 4.42 Å². The molecule has 1 N–H and O–H groups in total. The van der Waals surface area contributed by atoms with Crippen molar-refractivity contribution in [3.8, 4) is 11.5 Å². The maximum Gasteiger partial charge on any atom is 0.236 e. The van der Waals surface area contributed by atoms with Crippen molar-refractivity contribution in [1.82, 2.24) is 4.98 Å². The smallest absolute Gasteiger partial charge is 0.236 e. The number of fused-ring (bicyclic) bond motifs is 1. The Hall–Kier alpha value is -4.25. The molecule has 156 valence electrons. The molecule has 0 aliphatic heterocycles. The zero-order valence-corrected chi connectivity index (χ0v) is 17.0. The van der Waals surface area contributed by atoms with Gasteiger partial charge in [-0.15, -0.1) is 0 Å². The third-order valence-corrected chi connectivity index (χ3v) is 5.27. The minimum atomic E-state index is -0.444. The molecule has 0 unspecified atom stereocenters. The highest BCUT2D eigenvalue weighted by Crippen LogP contribution is 2.29. The summed E-state index contributed by atoms with van der Waals surface area (Å²) >= 11 is 0. The van der Waals surface area contributed by atoms with Crippen LogP contribution < -0.4 is 5.32 Å². The highest BCUT2D eigenvalue weighted by atomic mass is 19.1. The maximum absolute atomic E-state index is 13.3. The number of oxazole rings is 1. The van der Waals surface area contributed by atoms with E-state index < -0.39 is 5.92 Å². The van der Waals surface area contributed by atoms with Gasteiger partial charge in [-0.25, -0.2) is 9.37 Å². The van der Waals surface area contributed by atoms with Crippen LogP contribution in [-0.4, -0.2) is 10.9 Å². The summed E-state index contributed by atoms with van der Waals surface area (Å²) in [6.07, 6.45) is 0. The van der Waals surface area contributed by atoms with E-state index in [1.165, 1.54) is 12.1 Å². The number of carbonyl (C=O) groups excluding carboxylic acids is 1. The third kappa shape index (κ3) is 4.01. The summed E-state index contributed by atoms with van der Waals surface area (Å²) in [6.45, 7) is 0. The predicted molar refractivity (Wildman–Crippen MR) is 123 cm³/mol. The quantitative estimate of drug-likeness (QED) is 0.356. The van der Waals surface area contributed by atoms with Crippen LogP contribution in [0.5, 0.6) is 0 Å². The molecule has 0 aliphatic rings. The first kappa shape index (κ1) is 19.7. The van der Waals surface area contributed by atoms with Crippen LogP contribution in [0.25, 0.3) is 22.6 Å². The van der Waals surface area contributed by atoms with E-state index in [-0.39, 0.29) is 11.7 Å². The van der Waals surface area contributed by atoms with E-state index in [2.05, 4.69) is 10.3 Å². The number of carbonyl (C=O) groups is 1. The van der Waals surface area contributed by atoms with Crippen molar-refractivity contribution >= 4 is 22.7 Å². The summed E-state index contributed by atoms with van der Waals surface area (Å²) in [5.74, 6) is -0.500. The third-order valence-electron chi connectivity index (χ3n) is 5.27. The second kappa shape index (κ2) is 8.47. The number of aromatic nitrogens is 1. The molecule has 0 bridgehead atoms. The number of nitrogens with zero attached hydrogens (tertiary/aromatic N) is 1. The molecular weight excluding hydrogens is 403 g/mol. The van der Waals surface area contributed by atoms with Gasteiger partial charge >= 0.3 is 0 Å². The lowest BCUT2D eigenvalue weighted by Crippen LogP contribution is -2.22. The van der Waals surface area contributed by atoms with Gasteiger partial charge in [0, 0.05) is 11.3 Å². The van der Waals surface area contributed by atoms with Gasteiger partial charge in [-0.05, 0) is 53.6 Å². The first-order chi connectivity index (χ1) is 15.7. The fourth-order valence-electron chi connectivity index (χ4n) is 3.72. The highest BCUT2D eigenvalue weighted by molar-refractivity contribution is 5.99. The molecule has 4 nitrogen and oxygen atoms in total. The number of hydrogen-bond acceptors (Lipinski definition) is 3. The van der Waals surface area contributed by atoms with E-state index in [0.29, 0.717) is 28.2 Å². The molecule has 5 heteroatoms. The standard InChI is InChI=1S/C27H19FN2O2/c28-21-13-11-20(12-14-21)27-30-23-17-22(15-16-24(23)32-27)29-26(31)25(18-7-3-1-4-8-18)19-9-5-2-6-10-19/h1-17,25H,(H,29,31). The van der Waals surface area contributed by atoms with Crippen molar-refractivity contribution in [2.24, 2.45) is 0 Å². The molecule has 32 heavy (non-hydrogen) atoms. The number of rotatable bonds is 5. The molecule has 0 atom stereocenters. The zero-order chi connectivity index (χ0) is 21.9. The van der Waals surface area contributed by atoms with Gasteiger partial charge in [-0.1, -0.05) is 60.7 Å². The van der Waals surface area contributed by atoms with Crippen molar-refractivity contribution in [3.63, 3.8) is 0 Å². The monoisotopic (exact) mass is 422 g/mol. The maximum atomic E-state index is 13.3. The van der Waals surface area contributed by atoms with Crippen LogP contribution >= 0.6 is 0 Å². The largest absolute Gasteiger partial charge is 0.436 e. The number of amides is 1.